The quantitative estimate of drug-likeness (QED) is 0.591. The molecule has 2 amide bonds. The molecule has 9 heteroatoms. The average Bonchev–Trinajstić information content (AvgIpc) is 3.02. The fourth-order valence-corrected chi connectivity index (χ4v) is 3.92. The first-order valence-corrected chi connectivity index (χ1v) is 10.7. The molecule has 1 atom stereocenters. The summed E-state index contributed by atoms with van der Waals surface area (Å²) in [5, 5.41) is 5.61. The van der Waals surface area contributed by atoms with E-state index < -0.39 is 18.0 Å². The van der Waals surface area contributed by atoms with Gasteiger partial charge < -0.3 is 19.9 Å². The number of amides is 2. The van der Waals surface area contributed by atoms with E-state index in [1.165, 1.54) is 12.1 Å². The van der Waals surface area contributed by atoms with Gasteiger partial charge in [0.25, 0.3) is 0 Å². The van der Waals surface area contributed by atoms with E-state index in [2.05, 4.69) is 22.5 Å². The standard InChI is InChI=1S/C22H26ClFN4O3/c1-4-6-7-16-26-20(23)19(28(16)12-14-8-10-15(24)11-9-14)18-17(21(29)31-5-2)13(3)25-22(30)27-18/h8-11,18H,4-7,12H2,1-3H3,(H2,25,27,30). The van der Waals surface area contributed by atoms with Crippen LogP contribution in [-0.2, 0) is 22.5 Å². The minimum absolute atomic E-state index is 0.195. The van der Waals surface area contributed by atoms with Gasteiger partial charge in [-0.3, -0.25) is 0 Å². The molecule has 166 valence electrons. The molecule has 1 aromatic carbocycles. The van der Waals surface area contributed by atoms with Crippen LogP contribution in [0.4, 0.5) is 9.18 Å². The Bertz CT molecular complexity index is 1000. The van der Waals surface area contributed by atoms with Crippen LogP contribution in [0, 0.1) is 5.82 Å². The van der Waals surface area contributed by atoms with Crippen LogP contribution in [0.1, 0.15) is 56.7 Å². The van der Waals surface area contributed by atoms with Gasteiger partial charge in [0, 0.05) is 18.7 Å². The molecule has 31 heavy (non-hydrogen) atoms. The summed E-state index contributed by atoms with van der Waals surface area (Å²) >= 11 is 6.56. The highest BCUT2D eigenvalue weighted by molar-refractivity contribution is 6.30. The van der Waals surface area contributed by atoms with Crippen molar-refractivity contribution in [2.24, 2.45) is 0 Å². The summed E-state index contributed by atoms with van der Waals surface area (Å²) in [5.41, 5.74) is 2.00. The van der Waals surface area contributed by atoms with Gasteiger partial charge in [0.15, 0.2) is 5.15 Å². The van der Waals surface area contributed by atoms with E-state index in [9.17, 15) is 14.0 Å². The minimum Gasteiger partial charge on any atom is -0.463 e. The van der Waals surface area contributed by atoms with Gasteiger partial charge in [-0.25, -0.2) is 19.0 Å². The summed E-state index contributed by atoms with van der Waals surface area (Å²) in [4.78, 5) is 29.5. The maximum atomic E-state index is 13.4. The lowest BCUT2D eigenvalue weighted by atomic mass is 10.00. The van der Waals surface area contributed by atoms with Crippen molar-refractivity contribution in [3.8, 4) is 0 Å². The van der Waals surface area contributed by atoms with Crippen LogP contribution < -0.4 is 10.6 Å². The molecule has 1 unspecified atom stereocenters. The Morgan fingerprint density at radius 3 is 2.65 bits per heavy atom. The molecule has 3 rings (SSSR count). The molecule has 1 aromatic heterocycles. The van der Waals surface area contributed by atoms with E-state index in [1.54, 1.807) is 26.0 Å². The topological polar surface area (TPSA) is 85.2 Å². The predicted molar refractivity (Wildman–Crippen MR) is 115 cm³/mol. The largest absolute Gasteiger partial charge is 0.463 e. The van der Waals surface area contributed by atoms with Crippen LogP contribution in [0.3, 0.4) is 0 Å². The van der Waals surface area contributed by atoms with Crippen LogP contribution in [-0.4, -0.2) is 28.2 Å². The number of unbranched alkanes of at least 4 members (excludes halogenated alkanes) is 1. The molecule has 2 N–H and O–H groups in total. The van der Waals surface area contributed by atoms with Crippen molar-refractivity contribution in [1.82, 2.24) is 20.2 Å². The number of nitrogens with zero attached hydrogens (tertiary/aromatic N) is 2. The molecule has 0 radical (unpaired) electrons. The number of carbonyl (C=O) groups is 2. The highest BCUT2D eigenvalue weighted by atomic mass is 35.5. The normalized spacial score (nSPS) is 16.2. The van der Waals surface area contributed by atoms with Crippen molar-refractivity contribution < 1.29 is 18.7 Å². The Morgan fingerprint density at radius 1 is 1.29 bits per heavy atom. The maximum Gasteiger partial charge on any atom is 0.338 e. The van der Waals surface area contributed by atoms with Gasteiger partial charge in [-0.1, -0.05) is 37.1 Å². The van der Waals surface area contributed by atoms with E-state index in [4.69, 9.17) is 16.3 Å². The summed E-state index contributed by atoms with van der Waals surface area (Å²) in [5.74, 6) is -0.134. The van der Waals surface area contributed by atoms with Crippen LogP contribution in [0.5, 0.6) is 0 Å². The Balaban J connectivity index is 2.12. The number of hydrogen-bond donors (Lipinski definition) is 2. The fourth-order valence-electron chi connectivity index (χ4n) is 3.61. The number of halogens is 2. The minimum atomic E-state index is -0.830. The van der Waals surface area contributed by atoms with Crippen LogP contribution in [0.2, 0.25) is 5.15 Å². The first-order valence-electron chi connectivity index (χ1n) is 10.3. The molecule has 7 nitrogen and oxygen atoms in total. The molecule has 0 bridgehead atoms. The number of hydrogen-bond acceptors (Lipinski definition) is 4. The Hall–Kier alpha value is -2.87. The van der Waals surface area contributed by atoms with Gasteiger partial charge in [-0.15, -0.1) is 0 Å². The highest BCUT2D eigenvalue weighted by Crippen LogP contribution is 2.34. The summed E-state index contributed by atoms with van der Waals surface area (Å²) in [6.07, 6.45) is 2.54. The zero-order valence-electron chi connectivity index (χ0n) is 17.8. The summed E-state index contributed by atoms with van der Waals surface area (Å²) in [7, 11) is 0. The Kier molecular flexibility index (Phi) is 7.33. The monoisotopic (exact) mass is 448 g/mol. The second-order valence-electron chi connectivity index (χ2n) is 7.31. The van der Waals surface area contributed by atoms with Gasteiger partial charge in [0.1, 0.15) is 17.7 Å². The van der Waals surface area contributed by atoms with Gasteiger partial charge in [-0.05, 0) is 38.0 Å². The Labute approximate surface area is 185 Å². The third-order valence-corrected chi connectivity index (χ3v) is 5.36. The van der Waals surface area contributed by atoms with Crippen molar-refractivity contribution in [3.63, 3.8) is 0 Å². The number of aryl methyl sites for hydroxylation is 1. The molecule has 1 aliphatic rings. The van der Waals surface area contributed by atoms with Crippen LogP contribution >= 0.6 is 11.6 Å². The smallest absolute Gasteiger partial charge is 0.338 e. The van der Waals surface area contributed by atoms with Crippen molar-refractivity contribution in [2.75, 3.05) is 6.61 Å². The van der Waals surface area contributed by atoms with Gasteiger partial charge >= 0.3 is 12.0 Å². The number of aromatic nitrogens is 2. The van der Waals surface area contributed by atoms with Gasteiger partial charge in [0.05, 0.1) is 17.9 Å². The molecule has 2 heterocycles. The van der Waals surface area contributed by atoms with E-state index in [0.717, 1.165) is 24.2 Å². The third-order valence-electron chi connectivity index (χ3n) is 5.09. The molecule has 0 saturated carbocycles. The number of urea groups is 1. The summed E-state index contributed by atoms with van der Waals surface area (Å²) < 4.78 is 20.5. The summed E-state index contributed by atoms with van der Waals surface area (Å²) in [6.45, 7) is 5.99. The number of rotatable bonds is 8. The SMILES string of the molecule is CCCCc1nc(Cl)c(C2NC(=O)NC(C)=C2C(=O)OCC)n1Cc1ccc(F)cc1. The lowest BCUT2D eigenvalue weighted by molar-refractivity contribution is -0.139. The molecular weight excluding hydrogens is 423 g/mol. The molecule has 0 aliphatic carbocycles. The van der Waals surface area contributed by atoms with Crippen molar-refractivity contribution in [3.05, 3.63) is 63.6 Å². The summed E-state index contributed by atoms with van der Waals surface area (Å²) in [6, 6.07) is 4.87. The molecule has 0 spiro atoms. The second kappa shape index (κ2) is 9.96. The number of benzene rings is 1. The molecular formula is C22H26ClFN4O3. The average molecular weight is 449 g/mol. The van der Waals surface area contributed by atoms with Crippen molar-refractivity contribution >= 4 is 23.6 Å². The number of allylic oxidation sites excluding steroid dienone is 1. The van der Waals surface area contributed by atoms with E-state index in [-0.39, 0.29) is 23.2 Å². The van der Waals surface area contributed by atoms with Crippen LogP contribution in [0.25, 0.3) is 0 Å². The number of esters is 1. The maximum absolute atomic E-state index is 13.4. The lowest BCUT2D eigenvalue weighted by Crippen LogP contribution is -2.46. The number of carbonyl (C=O) groups excluding carboxylic acids is 2. The lowest BCUT2D eigenvalue weighted by Gasteiger charge is -2.29. The van der Waals surface area contributed by atoms with Gasteiger partial charge in [-0.2, -0.15) is 0 Å². The number of ether oxygens (including phenoxy) is 1. The van der Waals surface area contributed by atoms with Crippen molar-refractivity contribution in [2.45, 2.75) is 52.6 Å². The Morgan fingerprint density at radius 2 is 2.00 bits per heavy atom. The van der Waals surface area contributed by atoms with Gasteiger partial charge in [0.2, 0.25) is 0 Å². The molecule has 0 saturated heterocycles. The number of nitrogens with one attached hydrogen (secondary N) is 2. The van der Waals surface area contributed by atoms with Crippen molar-refractivity contribution in [1.29, 1.82) is 0 Å². The van der Waals surface area contributed by atoms with E-state index >= 15 is 0 Å². The first-order chi connectivity index (χ1) is 14.8. The molecule has 1 aliphatic heterocycles. The highest BCUT2D eigenvalue weighted by Gasteiger charge is 2.36. The van der Waals surface area contributed by atoms with Crippen LogP contribution in [0.15, 0.2) is 35.5 Å². The predicted octanol–water partition coefficient (Wildman–Crippen LogP) is 4.26. The van der Waals surface area contributed by atoms with E-state index in [0.29, 0.717) is 24.4 Å². The molecule has 2 aromatic rings. The first kappa shape index (κ1) is 22.8. The zero-order chi connectivity index (χ0) is 22.5. The fraction of sp³-hybridized carbons (Fsp3) is 0.409. The zero-order valence-corrected chi connectivity index (χ0v) is 18.6. The molecule has 0 fully saturated rings. The second-order valence-corrected chi connectivity index (χ2v) is 7.67. The third kappa shape index (κ3) is 5.07. The van der Waals surface area contributed by atoms with E-state index in [1.807, 2.05) is 4.57 Å². The number of imidazole rings is 1.